The summed E-state index contributed by atoms with van der Waals surface area (Å²) in [5.74, 6) is 0.811. The smallest absolute Gasteiger partial charge is 0.332 e. The minimum atomic E-state index is -0.603. The maximum atomic E-state index is 10.4. The molecule has 0 bridgehead atoms. The minimum Gasteiger partial charge on any atom is -0.350 e. The minimum absolute atomic E-state index is 0.603. The fourth-order valence-electron chi connectivity index (χ4n) is 1.28. The Morgan fingerprint density at radius 2 is 2.13 bits per heavy atom. The van der Waals surface area contributed by atoms with Crippen molar-refractivity contribution in [3.63, 3.8) is 0 Å². The molecule has 0 saturated heterocycles. The fraction of sp³-hybridized carbons (Fsp3) is 0.818. The third-order valence-corrected chi connectivity index (χ3v) is 2.54. The van der Waals surface area contributed by atoms with Crippen molar-refractivity contribution in [3.8, 4) is 0 Å². The first-order valence-electron chi connectivity index (χ1n) is 5.64. The Morgan fingerprint density at radius 1 is 1.47 bits per heavy atom. The molecule has 0 aromatic rings. The Hall–Kier alpha value is -1.06. The molecule has 0 radical (unpaired) electrons. The quantitative estimate of drug-likeness (QED) is 0.381. The standard InChI is InChI=1S/C11H23N3O/c1-4-9(2)7-5-6-8-10(3)13-14-11(12)15/h9H,4-8H2,1-3H3,(H3,12,14,15)/b13-10+/t9-/m0/s1. The van der Waals surface area contributed by atoms with Gasteiger partial charge in [-0.25, -0.2) is 10.2 Å². The average Bonchev–Trinajstić information content (AvgIpc) is 2.21. The van der Waals surface area contributed by atoms with Crippen LogP contribution in [0.1, 0.15) is 52.9 Å². The van der Waals surface area contributed by atoms with Gasteiger partial charge in [-0.2, -0.15) is 5.10 Å². The molecule has 4 nitrogen and oxygen atoms in total. The number of urea groups is 1. The van der Waals surface area contributed by atoms with Gasteiger partial charge in [0, 0.05) is 5.71 Å². The van der Waals surface area contributed by atoms with Crippen molar-refractivity contribution >= 4 is 11.7 Å². The first-order valence-corrected chi connectivity index (χ1v) is 5.64. The SMILES string of the molecule is CC[C@H](C)CCCC/C(C)=N/NC(N)=O. The number of carbonyl (C=O) groups excluding carboxylic acids is 1. The molecule has 1 atom stereocenters. The number of nitrogens with zero attached hydrogens (tertiary/aromatic N) is 1. The van der Waals surface area contributed by atoms with E-state index in [-0.39, 0.29) is 0 Å². The number of amides is 2. The Balaban J connectivity index is 3.50. The van der Waals surface area contributed by atoms with Crippen molar-refractivity contribution in [2.75, 3.05) is 0 Å². The number of hydrogen-bond donors (Lipinski definition) is 2. The summed E-state index contributed by atoms with van der Waals surface area (Å²) < 4.78 is 0. The van der Waals surface area contributed by atoms with Crippen molar-refractivity contribution in [1.82, 2.24) is 5.43 Å². The summed E-state index contributed by atoms with van der Waals surface area (Å²) >= 11 is 0. The van der Waals surface area contributed by atoms with E-state index in [1.807, 2.05) is 6.92 Å². The summed E-state index contributed by atoms with van der Waals surface area (Å²) in [4.78, 5) is 10.4. The number of rotatable bonds is 7. The monoisotopic (exact) mass is 213 g/mol. The summed E-state index contributed by atoms with van der Waals surface area (Å²) in [6, 6.07) is -0.603. The highest BCUT2D eigenvalue weighted by molar-refractivity contribution is 5.83. The van der Waals surface area contributed by atoms with Crippen LogP contribution >= 0.6 is 0 Å². The van der Waals surface area contributed by atoms with E-state index >= 15 is 0 Å². The molecule has 0 aliphatic rings. The van der Waals surface area contributed by atoms with E-state index in [2.05, 4.69) is 24.4 Å². The van der Waals surface area contributed by atoms with Gasteiger partial charge < -0.3 is 5.73 Å². The van der Waals surface area contributed by atoms with Gasteiger partial charge in [-0.1, -0.05) is 33.1 Å². The number of nitrogens with two attached hydrogens (primary N) is 1. The molecule has 88 valence electrons. The fourth-order valence-corrected chi connectivity index (χ4v) is 1.28. The van der Waals surface area contributed by atoms with Crippen molar-refractivity contribution in [3.05, 3.63) is 0 Å². The van der Waals surface area contributed by atoms with Crippen molar-refractivity contribution < 1.29 is 4.79 Å². The Kier molecular flexibility index (Phi) is 7.68. The molecule has 0 aromatic heterocycles. The second-order valence-electron chi connectivity index (χ2n) is 4.08. The molecule has 0 aliphatic heterocycles. The lowest BCUT2D eigenvalue weighted by Gasteiger charge is -2.07. The molecule has 4 heteroatoms. The Labute approximate surface area is 92.3 Å². The third kappa shape index (κ3) is 9.25. The predicted molar refractivity (Wildman–Crippen MR) is 63.8 cm³/mol. The molecule has 0 heterocycles. The average molecular weight is 213 g/mol. The Bertz CT molecular complexity index is 214. The summed E-state index contributed by atoms with van der Waals surface area (Å²) in [7, 11) is 0. The molecule has 0 fully saturated rings. The van der Waals surface area contributed by atoms with E-state index in [0.717, 1.165) is 24.5 Å². The van der Waals surface area contributed by atoms with Gasteiger partial charge in [0.2, 0.25) is 0 Å². The van der Waals surface area contributed by atoms with E-state index in [1.165, 1.54) is 19.3 Å². The molecule has 0 spiro atoms. The number of nitrogens with one attached hydrogen (secondary N) is 1. The van der Waals surface area contributed by atoms with Crippen LogP contribution in [0.4, 0.5) is 4.79 Å². The van der Waals surface area contributed by atoms with Gasteiger partial charge in [-0.05, 0) is 25.7 Å². The van der Waals surface area contributed by atoms with Gasteiger partial charge in [0.05, 0.1) is 0 Å². The zero-order chi connectivity index (χ0) is 11.7. The van der Waals surface area contributed by atoms with Gasteiger partial charge in [0.1, 0.15) is 0 Å². The van der Waals surface area contributed by atoms with E-state index < -0.39 is 6.03 Å². The number of carbonyl (C=O) groups is 1. The second-order valence-corrected chi connectivity index (χ2v) is 4.08. The van der Waals surface area contributed by atoms with E-state index in [0.29, 0.717) is 0 Å². The van der Waals surface area contributed by atoms with Gasteiger partial charge >= 0.3 is 6.03 Å². The van der Waals surface area contributed by atoms with E-state index in [1.54, 1.807) is 0 Å². The van der Waals surface area contributed by atoms with E-state index in [9.17, 15) is 4.79 Å². The topological polar surface area (TPSA) is 67.5 Å². The number of hydrogen-bond acceptors (Lipinski definition) is 2. The maximum Gasteiger partial charge on any atom is 0.332 e. The second kappa shape index (κ2) is 8.26. The van der Waals surface area contributed by atoms with E-state index in [4.69, 9.17) is 5.73 Å². The predicted octanol–water partition coefficient (Wildman–Crippen LogP) is 2.64. The lowest BCUT2D eigenvalue weighted by Crippen LogP contribution is -2.25. The first-order chi connectivity index (χ1) is 7.06. The summed E-state index contributed by atoms with van der Waals surface area (Å²) in [5, 5.41) is 3.85. The molecule has 0 aliphatic carbocycles. The molecule has 0 unspecified atom stereocenters. The highest BCUT2D eigenvalue weighted by Crippen LogP contribution is 2.12. The third-order valence-electron chi connectivity index (χ3n) is 2.54. The van der Waals surface area contributed by atoms with Crippen LogP contribution in [0.25, 0.3) is 0 Å². The molecular weight excluding hydrogens is 190 g/mol. The number of unbranched alkanes of at least 4 members (excludes halogenated alkanes) is 1. The van der Waals surface area contributed by atoms with Crippen molar-refractivity contribution in [1.29, 1.82) is 0 Å². The van der Waals surface area contributed by atoms with Crippen LogP contribution in [0, 0.1) is 5.92 Å². The van der Waals surface area contributed by atoms with Crippen LogP contribution in [0.3, 0.4) is 0 Å². The largest absolute Gasteiger partial charge is 0.350 e. The summed E-state index contributed by atoms with van der Waals surface area (Å²) in [5.41, 5.74) is 8.06. The lowest BCUT2D eigenvalue weighted by atomic mass is 10.0. The van der Waals surface area contributed by atoms with Gasteiger partial charge in [0.25, 0.3) is 0 Å². The molecule has 15 heavy (non-hydrogen) atoms. The normalized spacial score (nSPS) is 13.7. The molecular formula is C11H23N3O. The molecule has 0 rings (SSSR count). The Morgan fingerprint density at radius 3 is 2.67 bits per heavy atom. The van der Waals surface area contributed by atoms with Crippen LogP contribution < -0.4 is 11.2 Å². The van der Waals surface area contributed by atoms with Crippen LogP contribution in [-0.4, -0.2) is 11.7 Å². The number of hydrazone groups is 1. The van der Waals surface area contributed by atoms with Gasteiger partial charge in [-0.15, -0.1) is 0 Å². The highest BCUT2D eigenvalue weighted by Gasteiger charge is 1.99. The van der Waals surface area contributed by atoms with Crippen LogP contribution in [-0.2, 0) is 0 Å². The van der Waals surface area contributed by atoms with Gasteiger partial charge in [0.15, 0.2) is 0 Å². The molecule has 3 N–H and O–H groups in total. The van der Waals surface area contributed by atoms with Gasteiger partial charge in [-0.3, -0.25) is 0 Å². The molecule has 2 amide bonds. The summed E-state index contributed by atoms with van der Waals surface area (Å²) in [6.07, 6.45) is 5.79. The van der Waals surface area contributed by atoms with Crippen LogP contribution in [0.15, 0.2) is 5.10 Å². The van der Waals surface area contributed by atoms with Crippen molar-refractivity contribution in [2.45, 2.75) is 52.9 Å². The zero-order valence-corrected chi connectivity index (χ0v) is 10.0. The van der Waals surface area contributed by atoms with Crippen molar-refractivity contribution in [2.24, 2.45) is 16.8 Å². The highest BCUT2D eigenvalue weighted by atomic mass is 16.2. The molecule has 0 saturated carbocycles. The van der Waals surface area contributed by atoms with Crippen LogP contribution in [0.5, 0.6) is 0 Å². The maximum absolute atomic E-state index is 10.4. The zero-order valence-electron chi connectivity index (χ0n) is 10.0. The molecule has 0 aromatic carbocycles. The lowest BCUT2D eigenvalue weighted by molar-refractivity contribution is 0.249. The van der Waals surface area contributed by atoms with Crippen LogP contribution in [0.2, 0.25) is 0 Å². The first kappa shape index (κ1) is 13.9. The number of primary amides is 1. The summed E-state index contributed by atoms with van der Waals surface area (Å²) in [6.45, 7) is 6.39.